The zero-order valence-corrected chi connectivity index (χ0v) is 18.3. The van der Waals surface area contributed by atoms with Crippen LogP contribution in [0.25, 0.3) is 11.0 Å². The second kappa shape index (κ2) is 7.41. The van der Waals surface area contributed by atoms with Crippen LogP contribution in [0, 0.1) is 30.9 Å². The Morgan fingerprint density at radius 2 is 1.64 bits per heavy atom. The molecule has 1 aliphatic rings. The third kappa shape index (κ3) is 3.20. The second-order valence-electron chi connectivity index (χ2n) is 8.37. The topological polar surface area (TPSA) is 93.7 Å². The van der Waals surface area contributed by atoms with Gasteiger partial charge in [0.2, 0.25) is 5.76 Å². The zero-order valence-electron chi connectivity index (χ0n) is 18.3. The summed E-state index contributed by atoms with van der Waals surface area (Å²) >= 11 is 0. The summed E-state index contributed by atoms with van der Waals surface area (Å²) in [4.78, 5) is 39.4. The monoisotopic (exact) mass is 440 g/mol. The Balaban J connectivity index is 1.79. The molecule has 164 valence electrons. The van der Waals surface area contributed by atoms with Crippen molar-refractivity contribution in [3.05, 3.63) is 115 Å². The maximum absolute atomic E-state index is 13.6. The van der Waals surface area contributed by atoms with Crippen LogP contribution in [0.15, 0.2) is 69.9 Å². The first-order chi connectivity index (χ1) is 15.8. The van der Waals surface area contributed by atoms with Crippen LogP contribution in [0.1, 0.15) is 44.4 Å². The van der Waals surface area contributed by atoms with Crippen LogP contribution in [-0.4, -0.2) is 10.8 Å². The van der Waals surface area contributed by atoms with Gasteiger partial charge in [-0.25, -0.2) is 0 Å². The Morgan fingerprint density at radius 3 is 2.30 bits per heavy atom. The summed E-state index contributed by atoms with van der Waals surface area (Å²) in [5.74, 6) is -0.422. The molecule has 7 heteroatoms. The van der Waals surface area contributed by atoms with Gasteiger partial charge in [0.05, 0.1) is 21.9 Å². The van der Waals surface area contributed by atoms with E-state index in [0.717, 1.165) is 16.7 Å². The molecule has 0 aliphatic carbocycles. The van der Waals surface area contributed by atoms with Crippen molar-refractivity contribution in [2.24, 2.45) is 0 Å². The van der Waals surface area contributed by atoms with E-state index in [-0.39, 0.29) is 22.4 Å². The lowest BCUT2D eigenvalue weighted by atomic mass is 9.97. The van der Waals surface area contributed by atoms with Gasteiger partial charge in [-0.15, -0.1) is 0 Å². The highest BCUT2D eigenvalue weighted by atomic mass is 16.6. The van der Waals surface area contributed by atoms with E-state index in [0.29, 0.717) is 22.2 Å². The molecule has 1 atom stereocenters. The number of rotatable bonds is 3. The van der Waals surface area contributed by atoms with E-state index < -0.39 is 16.9 Å². The second-order valence-corrected chi connectivity index (χ2v) is 8.37. The minimum Gasteiger partial charge on any atom is -0.450 e. The van der Waals surface area contributed by atoms with Crippen molar-refractivity contribution in [3.8, 4) is 0 Å². The molecule has 1 unspecified atom stereocenters. The normalized spacial score (nSPS) is 15.2. The van der Waals surface area contributed by atoms with E-state index >= 15 is 0 Å². The fourth-order valence-corrected chi connectivity index (χ4v) is 4.32. The Morgan fingerprint density at radius 1 is 0.909 bits per heavy atom. The number of non-ortho nitro benzene ring substituents is 1. The molecule has 0 N–H and O–H groups in total. The van der Waals surface area contributed by atoms with Crippen LogP contribution in [0.5, 0.6) is 0 Å². The Labute approximate surface area is 189 Å². The number of amides is 1. The minimum atomic E-state index is -0.767. The number of aryl methyl sites for hydroxylation is 3. The Hall–Kier alpha value is -4.26. The highest BCUT2D eigenvalue weighted by Gasteiger charge is 2.43. The van der Waals surface area contributed by atoms with Crippen molar-refractivity contribution in [2.45, 2.75) is 26.8 Å². The third-order valence-corrected chi connectivity index (χ3v) is 6.21. The standard InChI is InChI=1S/C26H20N2O5/c1-14-4-11-21-20(12-14)24(29)22-23(17-6-9-18(10-7-17)28(31)32)27(26(30)25(22)33-21)19-8-5-15(2)16(3)13-19/h4-13,23H,1-3H3. The van der Waals surface area contributed by atoms with Crippen molar-refractivity contribution in [2.75, 3.05) is 4.90 Å². The number of hydrogen-bond donors (Lipinski definition) is 0. The number of nitro groups is 1. The molecule has 0 saturated carbocycles. The molecule has 33 heavy (non-hydrogen) atoms. The predicted molar refractivity (Wildman–Crippen MR) is 125 cm³/mol. The van der Waals surface area contributed by atoms with Crippen molar-refractivity contribution in [3.63, 3.8) is 0 Å². The van der Waals surface area contributed by atoms with E-state index in [1.165, 1.54) is 17.0 Å². The van der Waals surface area contributed by atoms with Gasteiger partial charge in [0.1, 0.15) is 5.58 Å². The van der Waals surface area contributed by atoms with Gasteiger partial charge in [-0.1, -0.05) is 17.7 Å². The van der Waals surface area contributed by atoms with Crippen molar-refractivity contribution >= 4 is 28.3 Å². The van der Waals surface area contributed by atoms with Crippen LogP contribution < -0.4 is 10.3 Å². The maximum atomic E-state index is 13.6. The molecule has 4 aromatic rings. The number of carbonyl (C=O) groups excluding carboxylic acids is 1. The minimum absolute atomic E-state index is 0.00191. The van der Waals surface area contributed by atoms with Gasteiger partial charge in [0, 0.05) is 17.8 Å². The average molecular weight is 440 g/mol. The lowest BCUT2D eigenvalue weighted by Crippen LogP contribution is -2.29. The number of benzene rings is 3. The van der Waals surface area contributed by atoms with Crippen LogP contribution in [0.4, 0.5) is 11.4 Å². The van der Waals surface area contributed by atoms with Crippen molar-refractivity contribution in [1.82, 2.24) is 0 Å². The molecule has 1 aromatic heterocycles. The van der Waals surface area contributed by atoms with Gasteiger partial charge in [0.25, 0.3) is 11.6 Å². The highest BCUT2D eigenvalue weighted by Crippen LogP contribution is 2.42. The van der Waals surface area contributed by atoms with E-state index in [9.17, 15) is 19.7 Å². The molecular formula is C26H20N2O5. The Bertz CT molecular complexity index is 1520. The van der Waals surface area contributed by atoms with Gasteiger partial charge in [-0.3, -0.25) is 24.6 Å². The molecule has 0 bridgehead atoms. The summed E-state index contributed by atoms with van der Waals surface area (Å²) in [7, 11) is 0. The average Bonchev–Trinajstić information content (AvgIpc) is 3.09. The van der Waals surface area contributed by atoms with Crippen LogP contribution in [0.3, 0.4) is 0 Å². The number of fused-ring (bicyclic) bond motifs is 2. The number of hydrogen-bond acceptors (Lipinski definition) is 5. The first kappa shape index (κ1) is 20.6. The van der Waals surface area contributed by atoms with Crippen molar-refractivity contribution < 1.29 is 14.1 Å². The summed E-state index contributed by atoms with van der Waals surface area (Å²) in [5.41, 5.74) is 4.43. The summed E-state index contributed by atoms with van der Waals surface area (Å²) in [5, 5.41) is 11.5. The summed E-state index contributed by atoms with van der Waals surface area (Å²) < 4.78 is 5.97. The van der Waals surface area contributed by atoms with E-state index in [4.69, 9.17) is 4.42 Å². The molecule has 0 saturated heterocycles. The van der Waals surface area contributed by atoms with Crippen LogP contribution in [0.2, 0.25) is 0 Å². The Kier molecular flexibility index (Phi) is 4.63. The fourth-order valence-electron chi connectivity index (χ4n) is 4.32. The number of nitrogens with zero attached hydrogens (tertiary/aromatic N) is 2. The molecule has 2 heterocycles. The van der Waals surface area contributed by atoms with Gasteiger partial charge < -0.3 is 4.42 Å². The van der Waals surface area contributed by atoms with E-state index in [1.807, 2.05) is 45.0 Å². The highest BCUT2D eigenvalue weighted by molar-refractivity contribution is 6.10. The molecule has 3 aromatic carbocycles. The smallest absolute Gasteiger partial charge is 0.295 e. The largest absolute Gasteiger partial charge is 0.450 e. The predicted octanol–water partition coefficient (Wildman–Crippen LogP) is 5.38. The molecular weight excluding hydrogens is 420 g/mol. The summed E-state index contributed by atoms with van der Waals surface area (Å²) in [6.07, 6.45) is 0. The molecule has 1 amide bonds. The lowest BCUT2D eigenvalue weighted by Gasteiger charge is -2.25. The number of anilines is 1. The number of nitro benzene ring substituents is 1. The van der Waals surface area contributed by atoms with Gasteiger partial charge in [-0.2, -0.15) is 0 Å². The SMILES string of the molecule is Cc1ccc2oc3c(c(=O)c2c1)C(c1ccc([N+](=O)[O-])cc1)N(c1ccc(C)c(C)c1)C3=O. The van der Waals surface area contributed by atoms with Gasteiger partial charge in [0.15, 0.2) is 5.43 Å². The molecule has 7 nitrogen and oxygen atoms in total. The van der Waals surface area contributed by atoms with E-state index in [1.54, 1.807) is 24.3 Å². The third-order valence-electron chi connectivity index (χ3n) is 6.21. The van der Waals surface area contributed by atoms with E-state index in [2.05, 4.69) is 0 Å². The molecule has 5 rings (SSSR count). The summed E-state index contributed by atoms with van der Waals surface area (Å²) in [6, 6.07) is 16.1. The molecule has 0 spiro atoms. The maximum Gasteiger partial charge on any atom is 0.295 e. The lowest BCUT2D eigenvalue weighted by molar-refractivity contribution is -0.384. The van der Waals surface area contributed by atoms with Gasteiger partial charge in [-0.05, 0) is 73.9 Å². The molecule has 0 radical (unpaired) electrons. The van der Waals surface area contributed by atoms with Crippen molar-refractivity contribution in [1.29, 1.82) is 0 Å². The summed E-state index contributed by atoms with van der Waals surface area (Å²) in [6.45, 7) is 5.81. The first-order valence-corrected chi connectivity index (χ1v) is 10.5. The van der Waals surface area contributed by atoms with Crippen LogP contribution in [-0.2, 0) is 0 Å². The molecule has 1 aliphatic heterocycles. The van der Waals surface area contributed by atoms with Crippen LogP contribution >= 0.6 is 0 Å². The molecule has 0 fully saturated rings. The van der Waals surface area contributed by atoms with Gasteiger partial charge >= 0.3 is 0 Å². The zero-order chi connectivity index (χ0) is 23.4. The quantitative estimate of drug-likeness (QED) is 0.315. The first-order valence-electron chi connectivity index (χ1n) is 10.5. The number of carbonyl (C=O) groups is 1. The fraction of sp³-hybridized carbons (Fsp3) is 0.154.